The summed E-state index contributed by atoms with van der Waals surface area (Å²) >= 11 is 0. The molecule has 4 heteroatoms. The quantitative estimate of drug-likeness (QED) is 0.494. The molecule has 0 radical (unpaired) electrons. The Morgan fingerprint density at radius 2 is 2.33 bits per heavy atom. The molecule has 0 rings (SSSR count). The lowest BCUT2D eigenvalue weighted by Crippen LogP contribution is -2.27. The van der Waals surface area contributed by atoms with Crippen molar-refractivity contribution in [1.82, 2.24) is 0 Å². The molecule has 0 fully saturated rings. The molecule has 0 aliphatic rings. The first-order valence-electron chi connectivity index (χ1n) is 2.53. The van der Waals surface area contributed by atoms with Gasteiger partial charge in [0.2, 0.25) is 0 Å². The summed E-state index contributed by atoms with van der Waals surface area (Å²) in [5.41, 5.74) is 0. The van der Waals surface area contributed by atoms with E-state index in [1.165, 1.54) is 7.11 Å². The minimum Gasteiger partial charge on any atom is -0.388 e. The number of hydrogen-bond donors (Lipinski definition) is 2. The molecule has 1 atom stereocenters. The minimum absolute atomic E-state index is 0.0562. The molecule has 0 saturated carbocycles. The standard InChI is InChI=1S/C5H10O4/c1-9-3-5(8)4(7)2-6/h5-6,8H,2-3H2,1H3/t5-/m0/s1. The van der Waals surface area contributed by atoms with Gasteiger partial charge in [0.15, 0.2) is 5.78 Å². The number of hydrogen-bond acceptors (Lipinski definition) is 4. The third-order valence-electron chi connectivity index (χ3n) is 0.852. The number of carbonyl (C=O) groups excluding carboxylic acids is 1. The molecule has 54 valence electrons. The number of ether oxygens (including phenoxy) is 1. The molecule has 0 spiro atoms. The molecule has 0 aromatic heterocycles. The zero-order valence-corrected chi connectivity index (χ0v) is 5.20. The van der Waals surface area contributed by atoms with E-state index in [2.05, 4.69) is 4.74 Å². The predicted octanol–water partition coefficient (Wildman–Crippen LogP) is -1.44. The number of aliphatic hydroxyl groups excluding tert-OH is 2. The van der Waals surface area contributed by atoms with Crippen molar-refractivity contribution in [1.29, 1.82) is 0 Å². The minimum atomic E-state index is -1.18. The maximum atomic E-state index is 10.3. The van der Waals surface area contributed by atoms with Crippen molar-refractivity contribution in [2.45, 2.75) is 6.10 Å². The van der Waals surface area contributed by atoms with Crippen LogP contribution in [0.4, 0.5) is 0 Å². The summed E-state index contributed by atoms with van der Waals surface area (Å²) in [6.45, 7) is -0.691. The van der Waals surface area contributed by atoms with E-state index in [4.69, 9.17) is 10.2 Å². The normalized spacial score (nSPS) is 13.2. The summed E-state index contributed by atoms with van der Waals surface area (Å²) in [6, 6.07) is 0. The van der Waals surface area contributed by atoms with Gasteiger partial charge >= 0.3 is 0 Å². The van der Waals surface area contributed by atoms with Crippen molar-refractivity contribution >= 4 is 5.78 Å². The highest BCUT2D eigenvalue weighted by molar-refractivity contribution is 5.83. The summed E-state index contributed by atoms with van der Waals surface area (Å²) < 4.78 is 4.44. The van der Waals surface area contributed by atoms with Gasteiger partial charge < -0.3 is 14.9 Å². The molecule has 0 bridgehead atoms. The van der Waals surface area contributed by atoms with Gasteiger partial charge in [0.1, 0.15) is 12.7 Å². The lowest BCUT2D eigenvalue weighted by Gasteiger charge is -2.04. The highest BCUT2D eigenvalue weighted by Gasteiger charge is 2.11. The highest BCUT2D eigenvalue weighted by atomic mass is 16.5. The number of ketones is 1. The molecule has 2 N–H and O–H groups in total. The van der Waals surface area contributed by atoms with Crippen molar-refractivity contribution in [2.75, 3.05) is 20.3 Å². The zero-order chi connectivity index (χ0) is 7.28. The van der Waals surface area contributed by atoms with Crippen molar-refractivity contribution in [3.63, 3.8) is 0 Å². The molecule has 0 aromatic rings. The molecule has 4 nitrogen and oxygen atoms in total. The second-order valence-electron chi connectivity index (χ2n) is 1.60. The lowest BCUT2D eigenvalue weighted by atomic mass is 10.2. The molecule has 0 heterocycles. The van der Waals surface area contributed by atoms with Crippen LogP contribution in [0.25, 0.3) is 0 Å². The monoisotopic (exact) mass is 134 g/mol. The Kier molecular flexibility index (Phi) is 4.21. The SMILES string of the molecule is COC[C@H](O)C(=O)CO. The maximum absolute atomic E-state index is 10.3. The van der Waals surface area contributed by atoms with E-state index in [9.17, 15) is 4.79 Å². The van der Waals surface area contributed by atoms with Crippen LogP contribution in [0, 0.1) is 0 Å². The summed E-state index contributed by atoms with van der Waals surface area (Å²) in [7, 11) is 1.37. The summed E-state index contributed by atoms with van der Waals surface area (Å²) in [5, 5.41) is 16.8. The molecular weight excluding hydrogens is 124 g/mol. The van der Waals surface area contributed by atoms with Gasteiger partial charge in [0.05, 0.1) is 6.61 Å². The number of aliphatic hydroxyl groups is 2. The molecule has 0 saturated heterocycles. The van der Waals surface area contributed by atoms with E-state index in [0.717, 1.165) is 0 Å². The Morgan fingerprint density at radius 1 is 1.78 bits per heavy atom. The van der Waals surface area contributed by atoms with Crippen molar-refractivity contribution < 1.29 is 19.7 Å². The van der Waals surface area contributed by atoms with Gasteiger partial charge in [-0.25, -0.2) is 0 Å². The topological polar surface area (TPSA) is 66.8 Å². The van der Waals surface area contributed by atoms with Gasteiger partial charge in [-0.1, -0.05) is 0 Å². The lowest BCUT2D eigenvalue weighted by molar-refractivity contribution is -0.132. The average molecular weight is 134 g/mol. The third kappa shape index (κ3) is 3.18. The Labute approximate surface area is 53.1 Å². The molecule has 0 unspecified atom stereocenters. The van der Waals surface area contributed by atoms with Gasteiger partial charge in [-0.05, 0) is 0 Å². The maximum Gasteiger partial charge on any atom is 0.188 e. The van der Waals surface area contributed by atoms with Crippen LogP contribution < -0.4 is 0 Å². The van der Waals surface area contributed by atoms with Gasteiger partial charge in [-0.2, -0.15) is 0 Å². The second-order valence-corrected chi connectivity index (χ2v) is 1.60. The molecule has 0 aliphatic heterocycles. The fraction of sp³-hybridized carbons (Fsp3) is 0.800. The van der Waals surface area contributed by atoms with Gasteiger partial charge in [0, 0.05) is 7.11 Å². The van der Waals surface area contributed by atoms with Gasteiger partial charge in [-0.3, -0.25) is 4.79 Å². The first-order valence-corrected chi connectivity index (χ1v) is 2.53. The summed E-state index contributed by atoms with van der Waals surface area (Å²) in [4.78, 5) is 10.3. The highest BCUT2D eigenvalue weighted by Crippen LogP contribution is 1.84. The van der Waals surface area contributed by atoms with Crippen LogP contribution >= 0.6 is 0 Å². The molecule has 0 aliphatic carbocycles. The van der Waals surface area contributed by atoms with E-state index in [0.29, 0.717) is 0 Å². The van der Waals surface area contributed by atoms with Crippen LogP contribution in [0.3, 0.4) is 0 Å². The van der Waals surface area contributed by atoms with E-state index in [1.807, 2.05) is 0 Å². The Bertz CT molecular complexity index is 91.0. The van der Waals surface area contributed by atoms with Crippen LogP contribution in [0.15, 0.2) is 0 Å². The average Bonchev–Trinajstić information content (AvgIpc) is 1.87. The van der Waals surface area contributed by atoms with E-state index < -0.39 is 18.5 Å². The van der Waals surface area contributed by atoms with Crippen LogP contribution in [0.5, 0.6) is 0 Å². The Hall–Kier alpha value is -0.450. The third-order valence-corrected chi connectivity index (χ3v) is 0.852. The molecular formula is C5H10O4. The van der Waals surface area contributed by atoms with Crippen molar-refractivity contribution in [3.8, 4) is 0 Å². The number of carbonyl (C=O) groups is 1. The number of methoxy groups -OCH3 is 1. The number of Topliss-reactive ketones (excluding diaryl/α,β-unsaturated/α-hetero) is 1. The number of rotatable bonds is 4. The van der Waals surface area contributed by atoms with Gasteiger partial charge in [0.25, 0.3) is 0 Å². The largest absolute Gasteiger partial charge is 0.388 e. The van der Waals surface area contributed by atoms with Crippen molar-refractivity contribution in [2.24, 2.45) is 0 Å². The van der Waals surface area contributed by atoms with Crippen molar-refractivity contribution in [3.05, 3.63) is 0 Å². The van der Waals surface area contributed by atoms with Crippen LogP contribution in [-0.4, -0.2) is 42.4 Å². The molecule has 0 aromatic carbocycles. The fourth-order valence-electron chi connectivity index (χ4n) is 0.356. The van der Waals surface area contributed by atoms with Crippen LogP contribution in [0.2, 0.25) is 0 Å². The van der Waals surface area contributed by atoms with E-state index >= 15 is 0 Å². The first-order chi connectivity index (χ1) is 4.22. The summed E-state index contributed by atoms with van der Waals surface area (Å²) in [5.74, 6) is -0.614. The fourth-order valence-corrected chi connectivity index (χ4v) is 0.356. The first kappa shape index (κ1) is 8.55. The Morgan fingerprint density at radius 3 is 2.67 bits per heavy atom. The molecule has 0 amide bonds. The van der Waals surface area contributed by atoms with E-state index in [-0.39, 0.29) is 6.61 Å². The summed E-state index contributed by atoms with van der Waals surface area (Å²) in [6.07, 6.45) is -1.18. The second kappa shape index (κ2) is 4.43. The Balaban J connectivity index is 3.45. The smallest absolute Gasteiger partial charge is 0.188 e. The predicted molar refractivity (Wildman–Crippen MR) is 30.0 cm³/mol. The van der Waals surface area contributed by atoms with Crippen LogP contribution in [0.1, 0.15) is 0 Å². The van der Waals surface area contributed by atoms with E-state index in [1.54, 1.807) is 0 Å². The zero-order valence-electron chi connectivity index (χ0n) is 5.20. The van der Waals surface area contributed by atoms with Crippen LogP contribution in [-0.2, 0) is 9.53 Å². The van der Waals surface area contributed by atoms with Gasteiger partial charge in [-0.15, -0.1) is 0 Å². The molecule has 9 heavy (non-hydrogen) atoms.